The molecule has 0 saturated carbocycles. The van der Waals surface area contributed by atoms with Crippen molar-refractivity contribution in [1.82, 2.24) is 9.97 Å². The first-order valence-corrected chi connectivity index (χ1v) is 7.23. The number of carbonyl (C=O) groups excluding carboxylic acids is 1. The van der Waals surface area contributed by atoms with Gasteiger partial charge in [-0.2, -0.15) is 0 Å². The van der Waals surface area contributed by atoms with Gasteiger partial charge in [-0.05, 0) is 37.3 Å². The first-order chi connectivity index (χ1) is 11.5. The lowest BCUT2D eigenvalue weighted by molar-refractivity contribution is 0.102. The smallest absolute Gasteiger partial charge is 0.408 e. The fourth-order valence-corrected chi connectivity index (χ4v) is 2.81. The van der Waals surface area contributed by atoms with E-state index in [0.29, 0.717) is 38.9 Å². The van der Waals surface area contributed by atoms with Crippen LogP contribution in [-0.4, -0.2) is 15.9 Å². The number of halogens is 1. The van der Waals surface area contributed by atoms with Crippen LogP contribution in [0.2, 0.25) is 0 Å². The number of anilines is 1. The number of fused-ring (bicyclic) bond motifs is 2. The zero-order valence-corrected chi connectivity index (χ0v) is 12.6. The van der Waals surface area contributed by atoms with Gasteiger partial charge in [-0.3, -0.25) is 9.78 Å². The van der Waals surface area contributed by atoms with E-state index in [-0.39, 0.29) is 5.91 Å². The monoisotopic (exact) mass is 325 g/mol. The summed E-state index contributed by atoms with van der Waals surface area (Å²) in [7, 11) is 0. The van der Waals surface area contributed by atoms with Gasteiger partial charge in [0.1, 0.15) is 5.82 Å². The molecule has 3 N–H and O–H groups in total. The second-order valence-electron chi connectivity index (χ2n) is 5.49. The number of benzene rings is 2. The number of nitrogens with one attached hydrogen (secondary N) is 3. The number of carbonyl (C=O) groups is 1. The summed E-state index contributed by atoms with van der Waals surface area (Å²) in [6.45, 7) is 1.75. The summed E-state index contributed by atoms with van der Waals surface area (Å²) >= 11 is 0. The minimum Gasteiger partial charge on any atom is -0.408 e. The Labute approximate surface area is 134 Å². The van der Waals surface area contributed by atoms with Gasteiger partial charge >= 0.3 is 5.76 Å². The van der Waals surface area contributed by atoms with Crippen molar-refractivity contribution in [2.45, 2.75) is 6.92 Å². The van der Waals surface area contributed by atoms with Crippen LogP contribution in [0.4, 0.5) is 10.1 Å². The van der Waals surface area contributed by atoms with E-state index in [1.807, 2.05) is 0 Å². The molecule has 7 heteroatoms. The Kier molecular flexibility index (Phi) is 3.02. The van der Waals surface area contributed by atoms with Crippen molar-refractivity contribution in [3.63, 3.8) is 0 Å². The van der Waals surface area contributed by atoms with E-state index >= 15 is 0 Å². The zero-order chi connectivity index (χ0) is 16.8. The summed E-state index contributed by atoms with van der Waals surface area (Å²) in [4.78, 5) is 29.4. The molecule has 0 unspecified atom stereocenters. The predicted octanol–water partition coefficient (Wildman–Crippen LogP) is 3.30. The highest BCUT2D eigenvalue weighted by molar-refractivity contribution is 6.14. The van der Waals surface area contributed by atoms with Gasteiger partial charge < -0.3 is 14.7 Å². The fourth-order valence-electron chi connectivity index (χ4n) is 2.81. The highest BCUT2D eigenvalue weighted by Gasteiger charge is 2.17. The standard InChI is InChI=1S/C17H12FN3O3/c1-8-15(11-6-9(18)2-4-12(11)19-8)16(22)20-10-3-5-13-14(7-10)24-17(23)21-13/h2-7,19H,1H3,(H,20,22)(H,21,23). The number of aromatic nitrogens is 2. The van der Waals surface area contributed by atoms with Crippen molar-refractivity contribution >= 4 is 33.6 Å². The minimum atomic E-state index is -0.559. The maximum Gasteiger partial charge on any atom is 0.417 e. The molecule has 0 aliphatic heterocycles. The molecule has 2 heterocycles. The predicted molar refractivity (Wildman–Crippen MR) is 87.8 cm³/mol. The zero-order valence-electron chi connectivity index (χ0n) is 12.6. The van der Waals surface area contributed by atoms with Crippen molar-refractivity contribution < 1.29 is 13.6 Å². The number of aromatic amines is 2. The Balaban J connectivity index is 1.74. The molecule has 0 aliphatic carbocycles. The van der Waals surface area contributed by atoms with E-state index in [1.54, 1.807) is 31.2 Å². The van der Waals surface area contributed by atoms with Crippen molar-refractivity contribution in [3.8, 4) is 0 Å². The Bertz CT molecular complexity index is 1150. The molecule has 1 amide bonds. The Morgan fingerprint density at radius 2 is 1.92 bits per heavy atom. The molecule has 4 rings (SSSR count). The van der Waals surface area contributed by atoms with Crippen LogP contribution in [0.1, 0.15) is 16.1 Å². The van der Waals surface area contributed by atoms with Gasteiger partial charge in [-0.15, -0.1) is 0 Å². The number of H-pyrrole nitrogens is 2. The first kappa shape index (κ1) is 14.3. The maximum absolute atomic E-state index is 13.5. The van der Waals surface area contributed by atoms with Gasteiger partial charge in [0.15, 0.2) is 5.58 Å². The number of rotatable bonds is 2. The van der Waals surface area contributed by atoms with Gasteiger partial charge in [-0.1, -0.05) is 0 Å². The molecule has 0 spiro atoms. The summed E-state index contributed by atoms with van der Waals surface area (Å²) in [5, 5.41) is 3.25. The third kappa shape index (κ3) is 2.26. The molecule has 0 atom stereocenters. The lowest BCUT2D eigenvalue weighted by Crippen LogP contribution is -2.12. The van der Waals surface area contributed by atoms with E-state index in [1.165, 1.54) is 12.1 Å². The number of hydrogen-bond donors (Lipinski definition) is 3. The average molecular weight is 325 g/mol. The molecule has 0 saturated heterocycles. The van der Waals surface area contributed by atoms with Crippen LogP contribution in [0, 0.1) is 12.7 Å². The molecule has 2 aromatic carbocycles. The molecular weight excluding hydrogens is 313 g/mol. The maximum atomic E-state index is 13.5. The van der Waals surface area contributed by atoms with E-state index in [2.05, 4.69) is 15.3 Å². The Hall–Kier alpha value is -3.35. The van der Waals surface area contributed by atoms with E-state index < -0.39 is 11.6 Å². The molecular formula is C17H12FN3O3. The van der Waals surface area contributed by atoms with Gasteiger partial charge in [0.2, 0.25) is 0 Å². The molecule has 2 aromatic heterocycles. The number of amides is 1. The van der Waals surface area contributed by atoms with Crippen LogP contribution >= 0.6 is 0 Å². The topological polar surface area (TPSA) is 90.9 Å². The number of hydrogen-bond acceptors (Lipinski definition) is 3. The lowest BCUT2D eigenvalue weighted by Gasteiger charge is -2.05. The first-order valence-electron chi connectivity index (χ1n) is 7.23. The number of aryl methyl sites for hydroxylation is 1. The molecule has 0 bridgehead atoms. The fraction of sp³-hybridized carbons (Fsp3) is 0.0588. The highest BCUT2D eigenvalue weighted by Crippen LogP contribution is 2.25. The number of oxazole rings is 1. The summed E-state index contributed by atoms with van der Waals surface area (Å²) < 4.78 is 18.5. The molecule has 0 aliphatic rings. The van der Waals surface area contributed by atoms with E-state index in [4.69, 9.17) is 4.42 Å². The van der Waals surface area contributed by atoms with Crippen LogP contribution < -0.4 is 11.1 Å². The van der Waals surface area contributed by atoms with Crippen LogP contribution in [0.25, 0.3) is 22.0 Å². The highest BCUT2D eigenvalue weighted by atomic mass is 19.1. The van der Waals surface area contributed by atoms with Crippen molar-refractivity contribution in [1.29, 1.82) is 0 Å². The van der Waals surface area contributed by atoms with E-state index in [0.717, 1.165) is 0 Å². The van der Waals surface area contributed by atoms with Crippen molar-refractivity contribution in [3.05, 3.63) is 64.0 Å². The van der Waals surface area contributed by atoms with Gasteiger partial charge in [0, 0.05) is 28.4 Å². The molecule has 0 fully saturated rings. The molecule has 4 aromatic rings. The molecule has 0 radical (unpaired) electrons. The third-order valence-electron chi connectivity index (χ3n) is 3.85. The quantitative estimate of drug-likeness (QED) is 0.528. The van der Waals surface area contributed by atoms with Crippen LogP contribution in [0.15, 0.2) is 45.6 Å². The Morgan fingerprint density at radius 3 is 2.75 bits per heavy atom. The summed E-state index contributed by atoms with van der Waals surface area (Å²) in [6, 6.07) is 9.09. The SMILES string of the molecule is Cc1[nH]c2ccc(F)cc2c1C(=O)Nc1ccc2[nH]c(=O)oc2c1. The largest absolute Gasteiger partial charge is 0.417 e. The van der Waals surface area contributed by atoms with Crippen LogP contribution in [0.3, 0.4) is 0 Å². The average Bonchev–Trinajstić information content (AvgIpc) is 3.04. The van der Waals surface area contributed by atoms with Gasteiger partial charge in [0.25, 0.3) is 5.91 Å². The third-order valence-corrected chi connectivity index (χ3v) is 3.85. The normalized spacial score (nSPS) is 11.2. The molecule has 120 valence electrons. The van der Waals surface area contributed by atoms with Gasteiger partial charge in [0.05, 0.1) is 11.1 Å². The molecule has 6 nitrogen and oxygen atoms in total. The second-order valence-corrected chi connectivity index (χ2v) is 5.49. The summed E-state index contributed by atoms with van der Waals surface area (Å²) in [5.41, 5.74) is 3.07. The molecule has 24 heavy (non-hydrogen) atoms. The van der Waals surface area contributed by atoms with E-state index in [9.17, 15) is 14.0 Å². The minimum absolute atomic E-state index is 0.347. The van der Waals surface area contributed by atoms with Crippen molar-refractivity contribution in [2.24, 2.45) is 0 Å². The lowest BCUT2D eigenvalue weighted by atomic mass is 10.1. The van der Waals surface area contributed by atoms with Crippen molar-refractivity contribution in [2.75, 3.05) is 5.32 Å². The van der Waals surface area contributed by atoms with Crippen LogP contribution in [-0.2, 0) is 0 Å². The van der Waals surface area contributed by atoms with Gasteiger partial charge in [-0.25, -0.2) is 9.18 Å². The summed E-state index contributed by atoms with van der Waals surface area (Å²) in [6.07, 6.45) is 0. The van der Waals surface area contributed by atoms with Crippen LogP contribution in [0.5, 0.6) is 0 Å². The summed E-state index contributed by atoms with van der Waals surface area (Å²) in [5.74, 6) is -1.34. The Morgan fingerprint density at radius 1 is 1.12 bits per heavy atom. The second kappa shape index (κ2) is 5.09.